The number of rotatable bonds is 5. The van der Waals surface area contributed by atoms with Gasteiger partial charge in [0, 0.05) is 23.9 Å². The van der Waals surface area contributed by atoms with Crippen LogP contribution in [-0.2, 0) is 0 Å². The Morgan fingerprint density at radius 1 is 1.64 bits per heavy atom. The summed E-state index contributed by atoms with van der Waals surface area (Å²) < 4.78 is 0. The molecule has 0 saturated heterocycles. The van der Waals surface area contributed by atoms with Gasteiger partial charge in [0.2, 0.25) is 0 Å². The summed E-state index contributed by atoms with van der Waals surface area (Å²) in [4.78, 5) is 14.1. The van der Waals surface area contributed by atoms with E-state index in [1.54, 1.807) is 12.3 Å². The monoisotopic (exact) mass is 232 g/mol. The third-order valence-electron chi connectivity index (χ3n) is 1.46. The van der Waals surface area contributed by atoms with Crippen molar-refractivity contribution in [2.24, 2.45) is 0 Å². The predicted molar refractivity (Wildman–Crippen MR) is 57.0 cm³/mol. The second-order valence-corrected chi connectivity index (χ2v) is 3.94. The minimum atomic E-state index is -0.421. The Morgan fingerprint density at radius 2 is 2.43 bits per heavy atom. The molecule has 0 bridgehead atoms. The second-order valence-electron chi connectivity index (χ2n) is 2.48. The zero-order valence-corrected chi connectivity index (χ0v) is 8.92. The molecule has 0 aliphatic heterocycles. The van der Waals surface area contributed by atoms with Crippen LogP contribution in [0.5, 0.6) is 0 Å². The quantitative estimate of drug-likeness (QED) is 0.258. The van der Waals surface area contributed by atoms with E-state index >= 15 is 0 Å². The minimum Gasteiger partial charge on any atom is -0.258 e. The third kappa shape index (κ3) is 3.16. The summed E-state index contributed by atoms with van der Waals surface area (Å²) in [5, 5.41) is 11.0. The minimum absolute atomic E-state index is 0.0621. The highest BCUT2D eigenvalue weighted by Crippen LogP contribution is 2.26. The van der Waals surface area contributed by atoms with Crippen molar-refractivity contribution < 1.29 is 4.92 Å². The molecule has 6 heteroatoms. The molecule has 76 valence electrons. The molecule has 14 heavy (non-hydrogen) atoms. The number of alkyl halides is 1. The van der Waals surface area contributed by atoms with E-state index in [2.05, 4.69) is 4.98 Å². The maximum absolute atomic E-state index is 10.6. The average molecular weight is 233 g/mol. The van der Waals surface area contributed by atoms with Crippen LogP contribution in [0.4, 0.5) is 5.69 Å². The Labute approximate surface area is 90.8 Å². The van der Waals surface area contributed by atoms with Crippen LogP contribution >= 0.6 is 23.4 Å². The SMILES string of the molecule is O=[N+]([O-])c1cccnc1SCCCCl. The first-order chi connectivity index (χ1) is 6.75. The van der Waals surface area contributed by atoms with Crippen LogP contribution in [0.2, 0.25) is 0 Å². The maximum Gasteiger partial charge on any atom is 0.301 e. The van der Waals surface area contributed by atoms with Crippen LogP contribution in [0.3, 0.4) is 0 Å². The summed E-state index contributed by atoms with van der Waals surface area (Å²) in [5.41, 5.74) is 0.0621. The highest BCUT2D eigenvalue weighted by molar-refractivity contribution is 7.99. The molecule has 0 amide bonds. The van der Waals surface area contributed by atoms with Gasteiger partial charge in [-0.15, -0.1) is 11.6 Å². The smallest absolute Gasteiger partial charge is 0.258 e. The van der Waals surface area contributed by atoms with Gasteiger partial charge in [0.15, 0.2) is 5.03 Å². The predicted octanol–water partition coefficient (Wildman–Crippen LogP) is 2.71. The number of nitrogens with zero attached hydrogens (tertiary/aromatic N) is 2. The van der Waals surface area contributed by atoms with E-state index in [1.165, 1.54) is 17.8 Å². The zero-order chi connectivity index (χ0) is 10.4. The van der Waals surface area contributed by atoms with Crippen LogP contribution in [0, 0.1) is 10.1 Å². The van der Waals surface area contributed by atoms with Crippen molar-refractivity contribution in [2.45, 2.75) is 11.4 Å². The molecule has 1 aromatic rings. The Bertz CT molecular complexity index is 322. The third-order valence-corrected chi connectivity index (χ3v) is 2.81. The molecule has 0 radical (unpaired) electrons. The van der Waals surface area contributed by atoms with Gasteiger partial charge in [0.05, 0.1) is 4.92 Å². The van der Waals surface area contributed by atoms with Crippen LogP contribution in [0.1, 0.15) is 6.42 Å². The number of thioether (sulfide) groups is 1. The fraction of sp³-hybridized carbons (Fsp3) is 0.375. The first-order valence-electron chi connectivity index (χ1n) is 4.04. The lowest BCUT2D eigenvalue weighted by Crippen LogP contribution is -1.93. The molecule has 0 N–H and O–H groups in total. The Kier molecular flexibility index (Phi) is 4.69. The number of aromatic nitrogens is 1. The highest BCUT2D eigenvalue weighted by Gasteiger charge is 2.13. The summed E-state index contributed by atoms with van der Waals surface area (Å²) in [6.07, 6.45) is 2.37. The van der Waals surface area contributed by atoms with Crippen molar-refractivity contribution in [1.82, 2.24) is 4.98 Å². The van der Waals surface area contributed by atoms with E-state index in [-0.39, 0.29) is 5.69 Å². The van der Waals surface area contributed by atoms with Gasteiger partial charge < -0.3 is 0 Å². The van der Waals surface area contributed by atoms with Crippen molar-refractivity contribution in [3.8, 4) is 0 Å². The lowest BCUT2D eigenvalue weighted by Gasteiger charge is -1.99. The van der Waals surface area contributed by atoms with Gasteiger partial charge >= 0.3 is 5.69 Å². The van der Waals surface area contributed by atoms with Crippen molar-refractivity contribution in [1.29, 1.82) is 0 Å². The van der Waals surface area contributed by atoms with Crippen LogP contribution in [0.25, 0.3) is 0 Å². The van der Waals surface area contributed by atoms with Gasteiger partial charge in [-0.25, -0.2) is 4.98 Å². The maximum atomic E-state index is 10.6. The van der Waals surface area contributed by atoms with Crippen LogP contribution in [-0.4, -0.2) is 21.5 Å². The van der Waals surface area contributed by atoms with Crippen molar-refractivity contribution in [3.63, 3.8) is 0 Å². The number of halogens is 1. The van der Waals surface area contributed by atoms with Gasteiger partial charge in [0.25, 0.3) is 0 Å². The van der Waals surface area contributed by atoms with E-state index in [1.807, 2.05) is 0 Å². The summed E-state index contributed by atoms with van der Waals surface area (Å²) in [5.74, 6) is 1.31. The molecule has 0 aliphatic rings. The molecule has 1 aromatic heterocycles. The molecule has 0 unspecified atom stereocenters. The lowest BCUT2D eigenvalue weighted by atomic mass is 10.4. The fourth-order valence-corrected chi connectivity index (χ4v) is 2.06. The molecule has 0 atom stereocenters. The molecule has 0 fully saturated rings. The van der Waals surface area contributed by atoms with Gasteiger partial charge in [-0.3, -0.25) is 10.1 Å². The highest BCUT2D eigenvalue weighted by atomic mass is 35.5. The summed E-state index contributed by atoms with van der Waals surface area (Å²) >= 11 is 6.87. The van der Waals surface area contributed by atoms with Gasteiger partial charge in [0.1, 0.15) is 0 Å². The molecule has 1 rings (SSSR count). The van der Waals surface area contributed by atoms with E-state index in [0.29, 0.717) is 10.9 Å². The lowest BCUT2D eigenvalue weighted by molar-refractivity contribution is -0.388. The topological polar surface area (TPSA) is 56.0 Å². The molecule has 0 aliphatic carbocycles. The number of hydrogen-bond donors (Lipinski definition) is 0. The number of pyridine rings is 1. The van der Waals surface area contributed by atoms with Crippen LogP contribution in [0.15, 0.2) is 23.4 Å². The first kappa shape index (κ1) is 11.3. The van der Waals surface area contributed by atoms with Crippen molar-refractivity contribution in [3.05, 3.63) is 28.4 Å². The summed E-state index contributed by atoms with van der Waals surface area (Å²) in [6.45, 7) is 0. The number of hydrogen-bond acceptors (Lipinski definition) is 4. The van der Waals surface area contributed by atoms with E-state index in [4.69, 9.17) is 11.6 Å². The Balaban J connectivity index is 2.69. The molecular formula is C8H9ClN2O2S. The standard InChI is InChI=1S/C8H9ClN2O2S/c9-4-2-6-14-8-7(11(12)13)3-1-5-10-8/h1,3,5H,2,4,6H2. The Hall–Kier alpha value is -0.810. The molecule has 0 aromatic carbocycles. The summed E-state index contributed by atoms with van der Waals surface area (Å²) in [7, 11) is 0. The van der Waals surface area contributed by atoms with E-state index < -0.39 is 4.92 Å². The number of nitro groups is 1. The summed E-state index contributed by atoms with van der Waals surface area (Å²) in [6, 6.07) is 3.01. The van der Waals surface area contributed by atoms with Crippen molar-refractivity contribution >= 4 is 29.1 Å². The molecular weight excluding hydrogens is 224 g/mol. The molecule has 0 saturated carbocycles. The van der Waals surface area contributed by atoms with Gasteiger partial charge in [-0.05, 0) is 12.5 Å². The van der Waals surface area contributed by atoms with Gasteiger partial charge in [-0.2, -0.15) is 0 Å². The molecule has 4 nitrogen and oxygen atoms in total. The second kappa shape index (κ2) is 5.82. The average Bonchev–Trinajstić information content (AvgIpc) is 2.19. The molecule has 0 spiro atoms. The van der Waals surface area contributed by atoms with Crippen LogP contribution < -0.4 is 0 Å². The largest absolute Gasteiger partial charge is 0.301 e. The Morgan fingerprint density at radius 3 is 3.07 bits per heavy atom. The van der Waals surface area contributed by atoms with Gasteiger partial charge in [-0.1, -0.05) is 11.8 Å². The normalized spacial score (nSPS) is 10.1. The fourth-order valence-electron chi connectivity index (χ4n) is 0.856. The first-order valence-corrected chi connectivity index (χ1v) is 5.56. The molecule has 1 heterocycles. The zero-order valence-electron chi connectivity index (χ0n) is 7.35. The van der Waals surface area contributed by atoms with E-state index in [9.17, 15) is 10.1 Å². The van der Waals surface area contributed by atoms with E-state index in [0.717, 1.165) is 12.2 Å². The van der Waals surface area contributed by atoms with Crippen molar-refractivity contribution in [2.75, 3.05) is 11.6 Å².